The van der Waals surface area contributed by atoms with Gasteiger partial charge in [0, 0.05) is 6.61 Å². The predicted octanol–water partition coefficient (Wildman–Crippen LogP) is 0.138. The Morgan fingerprint density at radius 3 is 2.71 bits per heavy atom. The molecule has 3 N–H and O–H groups in total. The van der Waals surface area contributed by atoms with E-state index in [2.05, 4.69) is 0 Å². The molecule has 1 fully saturated rings. The molecule has 4 heteroatoms. The number of hydrogen-bond acceptors (Lipinski definition) is 4. The highest BCUT2D eigenvalue weighted by Crippen LogP contribution is 2.28. The highest BCUT2D eigenvalue weighted by atomic mass is 16.5. The minimum atomic E-state index is -0.494. The number of rotatable bonds is 7. The van der Waals surface area contributed by atoms with Crippen LogP contribution in [0, 0.1) is 5.92 Å². The summed E-state index contributed by atoms with van der Waals surface area (Å²) < 4.78 is 10.6. The Morgan fingerprint density at radius 2 is 2.14 bits per heavy atom. The van der Waals surface area contributed by atoms with Gasteiger partial charge in [-0.25, -0.2) is 0 Å². The van der Waals surface area contributed by atoms with E-state index in [9.17, 15) is 5.11 Å². The van der Waals surface area contributed by atoms with E-state index in [4.69, 9.17) is 15.2 Å². The molecule has 0 aromatic rings. The molecular formula is C10H21NO3. The van der Waals surface area contributed by atoms with Crippen molar-refractivity contribution in [3.63, 3.8) is 0 Å². The monoisotopic (exact) mass is 203 g/mol. The van der Waals surface area contributed by atoms with Gasteiger partial charge in [0.25, 0.3) is 0 Å². The summed E-state index contributed by atoms with van der Waals surface area (Å²) in [4.78, 5) is 0. The Balaban J connectivity index is 1.93. The molecule has 0 aliphatic heterocycles. The van der Waals surface area contributed by atoms with E-state index >= 15 is 0 Å². The summed E-state index contributed by atoms with van der Waals surface area (Å²) in [5.41, 5.74) is 5.49. The zero-order valence-electron chi connectivity index (χ0n) is 8.82. The molecule has 0 saturated heterocycles. The quantitative estimate of drug-likeness (QED) is 0.617. The molecule has 1 saturated carbocycles. The minimum absolute atomic E-state index is 0.305. The van der Waals surface area contributed by atoms with Crippen LogP contribution in [0.1, 0.15) is 19.8 Å². The van der Waals surface area contributed by atoms with Crippen LogP contribution in [-0.2, 0) is 9.47 Å². The van der Waals surface area contributed by atoms with Gasteiger partial charge in [0.2, 0.25) is 0 Å². The van der Waals surface area contributed by atoms with Crippen molar-refractivity contribution in [3.8, 4) is 0 Å². The summed E-state index contributed by atoms with van der Waals surface area (Å²) in [6, 6.07) is 0. The van der Waals surface area contributed by atoms with Crippen molar-refractivity contribution in [2.24, 2.45) is 11.7 Å². The van der Waals surface area contributed by atoms with Crippen LogP contribution in [0.4, 0.5) is 0 Å². The average Bonchev–Trinajstić information content (AvgIpc) is 2.12. The third-order valence-corrected chi connectivity index (χ3v) is 2.56. The van der Waals surface area contributed by atoms with Crippen molar-refractivity contribution in [1.29, 1.82) is 0 Å². The number of hydrogen-bond donors (Lipinski definition) is 2. The summed E-state index contributed by atoms with van der Waals surface area (Å²) in [5, 5.41) is 9.40. The van der Waals surface area contributed by atoms with Crippen LogP contribution in [0.5, 0.6) is 0 Å². The van der Waals surface area contributed by atoms with Crippen molar-refractivity contribution in [3.05, 3.63) is 0 Å². The van der Waals surface area contributed by atoms with Crippen LogP contribution in [0.15, 0.2) is 0 Å². The third kappa shape index (κ3) is 3.92. The standard InChI is InChI=1S/C10H21NO3/c1-2-13-6-9(12)7-14-10-3-8(4-10)5-11/h8-10,12H,2-7,11H2,1H3. The molecule has 0 bridgehead atoms. The zero-order valence-corrected chi connectivity index (χ0v) is 8.82. The maximum Gasteiger partial charge on any atom is 0.101 e. The van der Waals surface area contributed by atoms with Crippen molar-refractivity contribution in [1.82, 2.24) is 0 Å². The Hall–Kier alpha value is -0.160. The van der Waals surface area contributed by atoms with E-state index in [0.29, 0.717) is 31.8 Å². The van der Waals surface area contributed by atoms with Crippen LogP contribution in [-0.4, -0.2) is 43.7 Å². The molecule has 1 aliphatic carbocycles. The second-order valence-corrected chi connectivity index (χ2v) is 3.84. The van der Waals surface area contributed by atoms with Crippen molar-refractivity contribution in [2.45, 2.75) is 32.0 Å². The smallest absolute Gasteiger partial charge is 0.101 e. The van der Waals surface area contributed by atoms with Gasteiger partial charge in [0.05, 0.1) is 19.3 Å². The summed E-state index contributed by atoms with van der Waals surface area (Å²) in [5.74, 6) is 0.629. The van der Waals surface area contributed by atoms with Crippen molar-refractivity contribution < 1.29 is 14.6 Å². The first-order valence-electron chi connectivity index (χ1n) is 5.33. The molecule has 4 nitrogen and oxygen atoms in total. The van der Waals surface area contributed by atoms with Gasteiger partial charge in [0.15, 0.2) is 0 Å². The Kier molecular flexibility index (Phi) is 5.40. The van der Waals surface area contributed by atoms with Gasteiger partial charge in [-0.1, -0.05) is 0 Å². The Labute approximate surface area is 85.4 Å². The fraction of sp³-hybridized carbons (Fsp3) is 1.00. The molecule has 0 heterocycles. The highest BCUT2D eigenvalue weighted by molar-refractivity contribution is 4.80. The summed E-state index contributed by atoms with van der Waals surface area (Å²) >= 11 is 0. The molecule has 0 amide bonds. The maximum absolute atomic E-state index is 9.40. The van der Waals surface area contributed by atoms with E-state index in [-0.39, 0.29) is 0 Å². The van der Waals surface area contributed by atoms with E-state index in [1.165, 1.54) is 0 Å². The molecule has 0 aromatic carbocycles. The fourth-order valence-corrected chi connectivity index (χ4v) is 1.55. The molecule has 1 unspecified atom stereocenters. The average molecular weight is 203 g/mol. The molecule has 84 valence electrons. The Morgan fingerprint density at radius 1 is 1.43 bits per heavy atom. The first kappa shape index (κ1) is 11.9. The molecule has 0 aromatic heterocycles. The van der Waals surface area contributed by atoms with Crippen LogP contribution in [0.25, 0.3) is 0 Å². The lowest BCUT2D eigenvalue weighted by molar-refractivity contribution is -0.0791. The first-order valence-corrected chi connectivity index (χ1v) is 5.33. The van der Waals surface area contributed by atoms with Gasteiger partial charge in [-0.15, -0.1) is 0 Å². The summed E-state index contributed by atoms with van der Waals surface area (Å²) in [7, 11) is 0. The van der Waals surface area contributed by atoms with Gasteiger partial charge in [-0.05, 0) is 32.2 Å². The molecule has 0 radical (unpaired) electrons. The molecule has 1 aliphatic rings. The van der Waals surface area contributed by atoms with Gasteiger partial charge < -0.3 is 20.3 Å². The largest absolute Gasteiger partial charge is 0.388 e. The van der Waals surface area contributed by atoms with E-state index in [1.807, 2.05) is 6.92 Å². The fourth-order valence-electron chi connectivity index (χ4n) is 1.55. The van der Waals surface area contributed by atoms with Crippen LogP contribution in [0.2, 0.25) is 0 Å². The van der Waals surface area contributed by atoms with E-state index < -0.39 is 6.10 Å². The second-order valence-electron chi connectivity index (χ2n) is 3.84. The van der Waals surface area contributed by atoms with Gasteiger partial charge in [-0.2, -0.15) is 0 Å². The molecule has 14 heavy (non-hydrogen) atoms. The summed E-state index contributed by atoms with van der Waals surface area (Å²) in [6.07, 6.45) is 1.89. The topological polar surface area (TPSA) is 64.7 Å². The maximum atomic E-state index is 9.40. The van der Waals surface area contributed by atoms with Crippen LogP contribution < -0.4 is 5.73 Å². The molecule has 0 spiro atoms. The van der Waals surface area contributed by atoms with Crippen LogP contribution in [0.3, 0.4) is 0 Å². The lowest BCUT2D eigenvalue weighted by Crippen LogP contribution is -2.38. The predicted molar refractivity (Wildman–Crippen MR) is 54.0 cm³/mol. The SMILES string of the molecule is CCOCC(O)COC1CC(CN)C1. The normalized spacial score (nSPS) is 28.5. The lowest BCUT2D eigenvalue weighted by atomic mass is 9.82. The second kappa shape index (κ2) is 6.35. The van der Waals surface area contributed by atoms with E-state index in [1.54, 1.807) is 0 Å². The summed E-state index contributed by atoms with van der Waals surface area (Å²) in [6.45, 7) is 4.04. The van der Waals surface area contributed by atoms with Crippen LogP contribution >= 0.6 is 0 Å². The van der Waals surface area contributed by atoms with Gasteiger partial charge in [0.1, 0.15) is 6.10 Å². The van der Waals surface area contributed by atoms with Gasteiger partial charge in [-0.3, -0.25) is 0 Å². The lowest BCUT2D eigenvalue weighted by Gasteiger charge is -2.34. The number of aliphatic hydroxyl groups is 1. The first-order chi connectivity index (χ1) is 6.76. The van der Waals surface area contributed by atoms with Crippen molar-refractivity contribution >= 4 is 0 Å². The van der Waals surface area contributed by atoms with Gasteiger partial charge >= 0.3 is 0 Å². The number of aliphatic hydroxyl groups excluding tert-OH is 1. The Bertz CT molecular complexity index is 144. The number of ether oxygens (including phenoxy) is 2. The van der Waals surface area contributed by atoms with Crippen molar-refractivity contribution in [2.75, 3.05) is 26.4 Å². The molecule has 1 rings (SSSR count). The molecule has 1 atom stereocenters. The molecular weight excluding hydrogens is 182 g/mol. The minimum Gasteiger partial charge on any atom is -0.388 e. The zero-order chi connectivity index (χ0) is 10.4. The van der Waals surface area contributed by atoms with E-state index in [0.717, 1.165) is 19.4 Å². The third-order valence-electron chi connectivity index (χ3n) is 2.56. The highest BCUT2D eigenvalue weighted by Gasteiger charge is 2.28. The number of nitrogens with two attached hydrogens (primary N) is 1.